The third-order valence-corrected chi connectivity index (χ3v) is 13.8. The smallest absolute Gasteiger partial charge is 0.310 e. The molecule has 6 fully saturated rings. The highest BCUT2D eigenvalue weighted by Gasteiger charge is 2.92. The summed E-state index contributed by atoms with van der Waals surface area (Å²) in [5.41, 5.74) is -6.03. The van der Waals surface area contributed by atoms with Gasteiger partial charge in [0.2, 0.25) is 6.29 Å². The van der Waals surface area contributed by atoms with Crippen molar-refractivity contribution >= 4 is 23.7 Å². The maximum absolute atomic E-state index is 15.1. The normalized spacial score (nSPS) is 50.6. The van der Waals surface area contributed by atoms with E-state index in [-0.39, 0.29) is 18.9 Å². The van der Waals surface area contributed by atoms with Crippen LogP contribution in [0.4, 0.5) is 0 Å². The number of esters is 3. The molecule has 0 amide bonds. The molecule has 3 N–H and O–H groups in total. The van der Waals surface area contributed by atoms with Crippen LogP contribution in [-0.2, 0) is 42.9 Å². The molecule has 0 aromatic carbocycles. The Balaban J connectivity index is 1.43. The molecule has 2 bridgehead atoms. The van der Waals surface area contributed by atoms with Gasteiger partial charge >= 0.3 is 17.9 Å². The molecule has 48 heavy (non-hydrogen) atoms. The largest absolute Gasteiger partial charge is 0.472 e. The van der Waals surface area contributed by atoms with E-state index in [2.05, 4.69) is 0 Å². The van der Waals surface area contributed by atoms with E-state index in [0.717, 1.165) is 12.5 Å². The minimum atomic E-state index is -1.69. The van der Waals surface area contributed by atoms with Crippen LogP contribution in [0.25, 0.3) is 0 Å². The minimum absolute atomic E-state index is 0.0276. The second-order valence-electron chi connectivity index (χ2n) is 15.7. The standard InChI is InChI=1S/C35H46O13/c1-8-15(2)29(42)47-30-31(5)20-12-21(38)33(7)25(34(20,14-44-30)28(46-17(4)37)24(40)27(31)45-16(3)36)23(39)26(41)32(6)19(18-9-10-43-13-18)11-22-35(32,33)48-22/h9-10,13,15,19-22,24-28,30,38,40-41H,8,11-12,14H2,1-7H3/t15-,19+,20+,21-,22-,24+,25+,26-,27-,28+,30+,31-,32-,33-,34+,35-/m1/s1. The topological polar surface area (TPSA) is 192 Å². The van der Waals surface area contributed by atoms with E-state index in [1.54, 1.807) is 33.1 Å². The fourth-order valence-corrected chi connectivity index (χ4v) is 11.6. The summed E-state index contributed by atoms with van der Waals surface area (Å²) in [5.74, 6) is -5.66. The molecule has 1 aromatic heterocycles. The van der Waals surface area contributed by atoms with Crippen molar-refractivity contribution in [3.63, 3.8) is 0 Å². The van der Waals surface area contributed by atoms with Gasteiger partial charge in [0.05, 0.1) is 42.7 Å². The summed E-state index contributed by atoms with van der Waals surface area (Å²) in [5, 5.41) is 36.9. The summed E-state index contributed by atoms with van der Waals surface area (Å²) in [4.78, 5) is 53.6. The number of carbonyl (C=O) groups excluding carboxylic acids is 4. The van der Waals surface area contributed by atoms with Crippen molar-refractivity contribution < 1.29 is 62.6 Å². The van der Waals surface area contributed by atoms with Gasteiger partial charge < -0.3 is 43.4 Å². The zero-order valence-corrected chi connectivity index (χ0v) is 28.3. The van der Waals surface area contributed by atoms with Crippen LogP contribution >= 0.6 is 0 Å². The van der Waals surface area contributed by atoms with Crippen LogP contribution in [0.3, 0.4) is 0 Å². The lowest BCUT2D eigenvalue weighted by Crippen LogP contribution is -2.84. The number of furan rings is 1. The van der Waals surface area contributed by atoms with Gasteiger partial charge in [-0.2, -0.15) is 0 Å². The molecule has 6 aliphatic rings. The molecule has 0 unspecified atom stereocenters. The molecule has 3 heterocycles. The van der Waals surface area contributed by atoms with Gasteiger partial charge in [-0.05, 0) is 43.7 Å². The van der Waals surface area contributed by atoms with Gasteiger partial charge in [0.25, 0.3) is 0 Å². The van der Waals surface area contributed by atoms with Crippen LogP contribution < -0.4 is 0 Å². The zero-order chi connectivity index (χ0) is 34.9. The maximum Gasteiger partial charge on any atom is 0.310 e. The molecule has 4 saturated carbocycles. The predicted octanol–water partition coefficient (Wildman–Crippen LogP) is 2.03. The average molecular weight is 675 g/mol. The number of hydrogen-bond donors (Lipinski definition) is 3. The van der Waals surface area contributed by atoms with Gasteiger partial charge in [0, 0.05) is 41.9 Å². The third kappa shape index (κ3) is 3.74. The van der Waals surface area contributed by atoms with Gasteiger partial charge in [0.15, 0.2) is 5.78 Å². The third-order valence-electron chi connectivity index (χ3n) is 13.8. The Morgan fingerprint density at radius 1 is 1.00 bits per heavy atom. The first kappa shape index (κ1) is 33.6. The second kappa shape index (κ2) is 10.6. The van der Waals surface area contributed by atoms with E-state index in [1.807, 2.05) is 13.8 Å². The number of hydrogen-bond acceptors (Lipinski definition) is 13. The molecule has 1 spiro atoms. The van der Waals surface area contributed by atoms with E-state index in [1.165, 1.54) is 13.2 Å². The molecule has 0 radical (unpaired) electrons. The van der Waals surface area contributed by atoms with Gasteiger partial charge in [-0.15, -0.1) is 0 Å². The van der Waals surface area contributed by atoms with Crippen molar-refractivity contribution in [3.8, 4) is 0 Å². The predicted molar refractivity (Wildman–Crippen MR) is 161 cm³/mol. The molecule has 7 rings (SSSR count). The van der Waals surface area contributed by atoms with Crippen LogP contribution in [0.5, 0.6) is 0 Å². The maximum atomic E-state index is 15.1. The lowest BCUT2D eigenvalue weighted by Gasteiger charge is -2.73. The van der Waals surface area contributed by atoms with Crippen molar-refractivity contribution in [3.05, 3.63) is 24.2 Å². The van der Waals surface area contributed by atoms with Gasteiger partial charge in [-0.1, -0.05) is 27.7 Å². The number of ether oxygens (including phenoxy) is 5. The Morgan fingerprint density at radius 2 is 1.67 bits per heavy atom. The van der Waals surface area contributed by atoms with Crippen molar-refractivity contribution in [1.29, 1.82) is 0 Å². The SMILES string of the molecule is CC[C@@H](C)C(=O)O[C@@H]1OC[C@@]23[C@H]4C(=O)[C@@H](O)[C@@]5(C)[C@H](c6ccoc6)C[C@H]6O[C@]65[C@]4(C)[C@H](O)C[C@H]2[C@]1(C)[C@H](OC(C)=O)[C@H](O)[C@@H]3OC(C)=O. The Labute approximate surface area is 278 Å². The first-order valence-electron chi connectivity index (χ1n) is 16.9. The summed E-state index contributed by atoms with van der Waals surface area (Å²) in [6, 6.07) is 1.80. The zero-order valence-electron chi connectivity index (χ0n) is 28.3. The summed E-state index contributed by atoms with van der Waals surface area (Å²) >= 11 is 0. The van der Waals surface area contributed by atoms with Crippen LogP contribution in [0, 0.1) is 39.4 Å². The molecule has 4 aliphatic carbocycles. The number of rotatable bonds is 6. The Morgan fingerprint density at radius 3 is 2.27 bits per heavy atom. The fraction of sp³-hybridized carbons (Fsp3) is 0.771. The second-order valence-corrected chi connectivity index (χ2v) is 15.7. The van der Waals surface area contributed by atoms with Crippen LogP contribution in [-0.4, -0.2) is 94.1 Å². The minimum Gasteiger partial charge on any atom is -0.472 e. The van der Waals surface area contributed by atoms with Crippen molar-refractivity contribution in [1.82, 2.24) is 0 Å². The van der Waals surface area contributed by atoms with E-state index in [0.29, 0.717) is 12.8 Å². The highest BCUT2D eigenvalue weighted by Crippen LogP contribution is 2.82. The molecule has 16 atom stereocenters. The first-order valence-corrected chi connectivity index (χ1v) is 16.9. The molecular weight excluding hydrogens is 628 g/mol. The van der Waals surface area contributed by atoms with E-state index in [4.69, 9.17) is 28.1 Å². The number of carbonyl (C=O) groups is 4. The molecule has 264 valence electrons. The Bertz CT molecular complexity index is 1530. The summed E-state index contributed by atoms with van der Waals surface area (Å²) in [6.07, 6.45) is -5.14. The highest BCUT2D eigenvalue weighted by molar-refractivity contribution is 5.91. The van der Waals surface area contributed by atoms with Crippen molar-refractivity contribution in [2.75, 3.05) is 6.61 Å². The van der Waals surface area contributed by atoms with Crippen molar-refractivity contribution in [2.24, 2.45) is 39.4 Å². The number of Topliss-reactive ketones (excluding diaryl/α,β-unsaturated/α-hetero) is 1. The summed E-state index contributed by atoms with van der Waals surface area (Å²) < 4.78 is 36.0. The molecule has 2 saturated heterocycles. The fourth-order valence-electron chi connectivity index (χ4n) is 11.6. The summed E-state index contributed by atoms with van der Waals surface area (Å²) in [7, 11) is 0. The van der Waals surface area contributed by atoms with E-state index < -0.39 is 112 Å². The molecule has 13 nitrogen and oxygen atoms in total. The number of ketones is 1. The molecular formula is C35H46O13. The lowest BCUT2D eigenvalue weighted by molar-refractivity contribution is -0.391. The Hall–Kier alpha value is -2.84. The number of aliphatic hydroxyl groups is 3. The summed E-state index contributed by atoms with van der Waals surface area (Å²) in [6.45, 7) is 10.8. The van der Waals surface area contributed by atoms with E-state index >= 15 is 4.79 Å². The lowest BCUT2D eigenvalue weighted by atomic mass is 9.33. The molecule has 2 aliphatic heterocycles. The monoisotopic (exact) mass is 674 g/mol. The average Bonchev–Trinajstić information content (AvgIpc) is 3.39. The van der Waals surface area contributed by atoms with Crippen molar-refractivity contribution in [2.45, 2.75) is 122 Å². The number of aliphatic hydroxyl groups excluding tert-OH is 3. The quantitative estimate of drug-likeness (QED) is 0.226. The van der Waals surface area contributed by atoms with Gasteiger partial charge in [-0.3, -0.25) is 19.2 Å². The molecule has 13 heteroatoms. The van der Waals surface area contributed by atoms with Crippen LogP contribution in [0.1, 0.15) is 79.2 Å². The number of fused-ring (bicyclic) bond motifs is 1. The van der Waals surface area contributed by atoms with Crippen LogP contribution in [0.2, 0.25) is 0 Å². The van der Waals surface area contributed by atoms with E-state index in [9.17, 15) is 29.7 Å². The Kier molecular flexibility index (Phi) is 7.42. The number of epoxide rings is 1. The highest BCUT2D eigenvalue weighted by atomic mass is 16.7. The first-order chi connectivity index (χ1) is 22.5. The van der Waals surface area contributed by atoms with Crippen LogP contribution in [0.15, 0.2) is 23.0 Å². The van der Waals surface area contributed by atoms with Gasteiger partial charge in [0.1, 0.15) is 30.0 Å². The van der Waals surface area contributed by atoms with Gasteiger partial charge in [-0.25, -0.2) is 0 Å². The molecule has 1 aromatic rings.